The summed E-state index contributed by atoms with van der Waals surface area (Å²) in [5.74, 6) is -0.0375. The first kappa shape index (κ1) is 12.1. The van der Waals surface area contributed by atoms with Crippen LogP contribution in [-0.4, -0.2) is 68.3 Å². The molecule has 6 heteroatoms. The van der Waals surface area contributed by atoms with E-state index in [1.807, 2.05) is 0 Å². The zero-order valence-electron chi connectivity index (χ0n) is 9.21. The van der Waals surface area contributed by atoms with E-state index < -0.39 is 5.60 Å². The van der Waals surface area contributed by atoms with Gasteiger partial charge in [0.25, 0.3) is 0 Å². The zero-order valence-corrected chi connectivity index (χ0v) is 9.96. The van der Waals surface area contributed by atoms with Crippen molar-refractivity contribution in [3.05, 3.63) is 0 Å². The Bertz CT molecular complexity index is 256. The summed E-state index contributed by atoms with van der Waals surface area (Å²) in [5, 5.41) is 3.27. The second kappa shape index (κ2) is 5.31. The molecule has 2 fully saturated rings. The van der Waals surface area contributed by atoms with E-state index in [1.165, 1.54) is 0 Å². The number of ether oxygens (including phenoxy) is 2. The molecule has 1 N–H and O–H groups in total. The summed E-state index contributed by atoms with van der Waals surface area (Å²) in [6.45, 7) is 4.47. The summed E-state index contributed by atoms with van der Waals surface area (Å²) >= 11 is 5.58. The van der Waals surface area contributed by atoms with E-state index in [1.54, 1.807) is 4.90 Å². The first-order valence-corrected chi connectivity index (χ1v) is 6.05. The lowest BCUT2D eigenvalue weighted by Gasteiger charge is -2.38. The first-order valence-electron chi connectivity index (χ1n) is 5.52. The lowest BCUT2D eigenvalue weighted by molar-refractivity contribution is -0.136. The van der Waals surface area contributed by atoms with Gasteiger partial charge >= 0.3 is 0 Å². The Kier molecular flexibility index (Phi) is 4.02. The molecule has 2 aliphatic heterocycles. The summed E-state index contributed by atoms with van der Waals surface area (Å²) in [6.07, 6.45) is 0. The fourth-order valence-corrected chi connectivity index (χ4v) is 2.27. The van der Waals surface area contributed by atoms with Gasteiger partial charge in [-0.25, -0.2) is 0 Å². The van der Waals surface area contributed by atoms with Gasteiger partial charge in [-0.2, -0.15) is 0 Å². The minimum Gasteiger partial charge on any atom is -0.376 e. The van der Waals surface area contributed by atoms with Crippen LogP contribution < -0.4 is 5.32 Å². The maximum absolute atomic E-state index is 11.6. The molecule has 2 aliphatic rings. The molecule has 2 rings (SSSR count). The highest BCUT2D eigenvalue weighted by molar-refractivity contribution is 6.27. The predicted molar refractivity (Wildman–Crippen MR) is 59.7 cm³/mol. The number of nitrogens with one attached hydrogen (secondary N) is 1. The molecule has 0 aliphatic carbocycles. The molecule has 1 unspecified atom stereocenters. The van der Waals surface area contributed by atoms with Crippen LogP contribution in [0.2, 0.25) is 0 Å². The monoisotopic (exact) mass is 248 g/mol. The maximum atomic E-state index is 11.6. The minimum absolute atomic E-state index is 0.0174. The predicted octanol–water partition coefficient (Wildman–Crippen LogP) is -0.557. The van der Waals surface area contributed by atoms with Crippen LogP contribution in [0.5, 0.6) is 0 Å². The summed E-state index contributed by atoms with van der Waals surface area (Å²) < 4.78 is 11.3. The van der Waals surface area contributed by atoms with Gasteiger partial charge in [0, 0.05) is 19.6 Å². The van der Waals surface area contributed by atoms with Crippen molar-refractivity contribution >= 4 is 17.5 Å². The fraction of sp³-hybridized carbons (Fsp3) is 0.900. The third-order valence-corrected chi connectivity index (χ3v) is 3.18. The lowest BCUT2D eigenvalue weighted by atomic mass is 10.0. The number of halogens is 1. The van der Waals surface area contributed by atoms with Gasteiger partial charge in [-0.3, -0.25) is 4.79 Å². The molecule has 1 amide bonds. The highest BCUT2D eigenvalue weighted by atomic mass is 35.5. The van der Waals surface area contributed by atoms with Gasteiger partial charge in [0.05, 0.1) is 26.4 Å². The SMILES string of the molecule is O=C(CCl)N1CCOCC2(CNCCO2)C1. The molecule has 0 aromatic carbocycles. The van der Waals surface area contributed by atoms with Crippen LogP contribution in [0.4, 0.5) is 0 Å². The first-order chi connectivity index (χ1) is 7.76. The van der Waals surface area contributed by atoms with Crippen LogP contribution in [0.3, 0.4) is 0 Å². The highest BCUT2D eigenvalue weighted by Gasteiger charge is 2.38. The van der Waals surface area contributed by atoms with E-state index in [2.05, 4.69) is 5.32 Å². The number of rotatable bonds is 1. The lowest BCUT2D eigenvalue weighted by Crippen LogP contribution is -2.58. The van der Waals surface area contributed by atoms with E-state index in [9.17, 15) is 4.79 Å². The molecule has 2 saturated heterocycles. The van der Waals surface area contributed by atoms with E-state index in [0.29, 0.717) is 32.9 Å². The molecule has 0 saturated carbocycles. The second-order valence-electron chi connectivity index (χ2n) is 4.21. The molecule has 92 valence electrons. The number of morpholine rings is 1. The average molecular weight is 249 g/mol. The van der Waals surface area contributed by atoms with Crippen molar-refractivity contribution in [1.82, 2.24) is 10.2 Å². The summed E-state index contributed by atoms with van der Waals surface area (Å²) in [6, 6.07) is 0. The smallest absolute Gasteiger partial charge is 0.237 e. The van der Waals surface area contributed by atoms with E-state index in [4.69, 9.17) is 21.1 Å². The second-order valence-corrected chi connectivity index (χ2v) is 4.48. The fourth-order valence-electron chi connectivity index (χ4n) is 2.10. The molecule has 5 nitrogen and oxygen atoms in total. The van der Waals surface area contributed by atoms with Gasteiger partial charge < -0.3 is 19.7 Å². The summed E-state index contributed by atoms with van der Waals surface area (Å²) in [4.78, 5) is 13.3. The third-order valence-electron chi connectivity index (χ3n) is 2.95. The van der Waals surface area contributed by atoms with Crippen molar-refractivity contribution in [2.24, 2.45) is 0 Å². The maximum Gasteiger partial charge on any atom is 0.237 e. The Morgan fingerprint density at radius 1 is 1.50 bits per heavy atom. The Hall–Kier alpha value is -0.360. The largest absolute Gasteiger partial charge is 0.376 e. The van der Waals surface area contributed by atoms with Crippen LogP contribution >= 0.6 is 11.6 Å². The van der Waals surface area contributed by atoms with Crippen molar-refractivity contribution in [1.29, 1.82) is 0 Å². The molecular formula is C10H17ClN2O3. The van der Waals surface area contributed by atoms with E-state index in [-0.39, 0.29) is 11.8 Å². The average Bonchev–Trinajstić information content (AvgIpc) is 2.52. The normalized spacial score (nSPS) is 31.4. The molecule has 1 atom stereocenters. The van der Waals surface area contributed by atoms with E-state index in [0.717, 1.165) is 13.1 Å². The van der Waals surface area contributed by atoms with E-state index >= 15 is 0 Å². The van der Waals surface area contributed by atoms with Crippen molar-refractivity contribution in [3.8, 4) is 0 Å². The van der Waals surface area contributed by atoms with Crippen molar-refractivity contribution in [2.45, 2.75) is 5.60 Å². The van der Waals surface area contributed by atoms with Crippen molar-refractivity contribution in [2.75, 3.05) is 51.9 Å². The molecule has 0 radical (unpaired) electrons. The van der Waals surface area contributed by atoms with Crippen LogP contribution in [0.25, 0.3) is 0 Å². The molecule has 2 heterocycles. The van der Waals surface area contributed by atoms with Gasteiger partial charge in [-0.15, -0.1) is 11.6 Å². The Labute approximate surface area is 100 Å². The van der Waals surface area contributed by atoms with Crippen LogP contribution in [0.15, 0.2) is 0 Å². The van der Waals surface area contributed by atoms with Gasteiger partial charge in [0.15, 0.2) is 0 Å². The Morgan fingerprint density at radius 3 is 3.06 bits per heavy atom. The van der Waals surface area contributed by atoms with Gasteiger partial charge in [0.2, 0.25) is 5.91 Å². The van der Waals surface area contributed by atoms with Crippen molar-refractivity contribution in [3.63, 3.8) is 0 Å². The van der Waals surface area contributed by atoms with Crippen LogP contribution in [0.1, 0.15) is 0 Å². The molecule has 1 spiro atoms. The van der Waals surface area contributed by atoms with Gasteiger partial charge in [-0.05, 0) is 0 Å². The number of nitrogens with zero attached hydrogens (tertiary/aromatic N) is 1. The highest BCUT2D eigenvalue weighted by Crippen LogP contribution is 2.19. The molecule has 0 aromatic heterocycles. The minimum atomic E-state index is -0.392. The van der Waals surface area contributed by atoms with Gasteiger partial charge in [0.1, 0.15) is 11.5 Å². The quantitative estimate of drug-likeness (QED) is 0.633. The van der Waals surface area contributed by atoms with Gasteiger partial charge in [-0.1, -0.05) is 0 Å². The molecule has 0 bridgehead atoms. The number of alkyl halides is 1. The molecule has 16 heavy (non-hydrogen) atoms. The standard InChI is InChI=1S/C10H17ClN2O3/c11-5-9(14)13-2-4-15-8-10(7-13)6-12-1-3-16-10/h12H,1-8H2. The summed E-state index contributed by atoms with van der Waals surface area (Å²) in [5.41, 5.74) is -0.392. The number of hydrogen-bond acceptors (Lipinski definition) is 4. The number of carbonyl (C=O) groups excluding carboxylic acids is 1. The summed E-state index contributed by atoms with van der Waals surface area (Å²) in [7, 11) is 0. The van der Waals surface area contributed by atoms with Crippen LogP contribution in [0, 0.1) is 0 Å². The topological polar surface area (TPSA) is 50.8 Å². The number of carbonyl (C=O) groups is 1. The molecule has 0 aromatic rings. The number of hydrogen-bond donors (Lipinski definition) is 1. The number of amides is 1. The van der Waals surface area contributed by atoms with Crippen LogP contribution in [-0.2, 0) is 14.3 Å². The zero-order chi connectivity index (χ0) is 11.4. The molecular weight excluding hydrogens is 232 g/mol. The third kappa shape index (κ3) is 2.66. The Morgan fingerprint density at radius 2 is 2.38 bits per heavy atom. The van der Waals surface area contributed by atoms with Crippen molar-refractivity contribution < 1.29 is 14.3 Å². The Balaban J connectivity index is 2.04.